The summed E-state index contributed by atoms with van der Waals surface area (Å²) in [6, 6.07) is 9.41. The first-order valence-corrected chi connectivity index (χ1v) is 5.26. The van der Waals surface area contributed by atoms with E-state index in [0.29, 0.717) is 5.82 Å². The van der Waals surface area contributed by atoms with Crippen LogP contribution in [-0.2, 0) is 0 Å². The second-order valence-electron chi connectivity index (χ2n) is 3.49. The topological polar surface area (TPSA) is 47.4 Å². The molecule has 1 heterocycles. The summed E-state index contributed by atoms with van der Waals surface area (Å²) in [6.07, 6.45) is 3.34. The van der Waals surface area contributed by atoms with E-state index in [9.17, 15) is 0 Å². The molecule has 1 aromatic carbocycles. The number of methoxy groups -OCH3 is 1. The van der Waals surface area contributed by atoms with Crippen LogP contribution in [0.5, 0.6) is 5.75 Å². The zero-order valence-corrected chi connectivity index (χ0v) is 9.79. The number of aromatic nitrogens is 2. The fourth-order valence-corrected chi connectivity index (χ4v) is 1.39. The highest BCUT2D eigenvalue weighted by molar-refractivity contribution is 5.78. The third-order valence-corrected chi connectivity index (χ3v) is 2.22. The van der Waals surface area contributed by atoms with Crippen molar-refractivity contribution in [2.24, 2.45) is 4.99 Å². The largest absolute Gasteiger partial charge is 0.494 e. The highest BCUT2D eigenvalue weighted by Gasteiger charge is 1.98. The number of benzene rings is 1. The molecule has 0 unspecified atom stereocenters. The van der Waals surface area contributed by atoms with E-state index < -0.39 is 0 Å². The van der Waals surface area contributed by atoms with E-state index in [-0.39, 0.29) is 0 Å². The van der Waals surface area contributed by atoms with Crippen LogP contribution in [0.15, 0.2) is 41.5 Å². The average Bonchev–Trinajstić information content (AvgIpc) is 2.37. The maximum atomic E-state index is 5.20. The molecule has 0 fully saturated rings. The summed E-state index contributed by atoms with van der Waals surface area (Å²) in [6.45, 7) is 1.92. The lowest BCUT2D eigenvalue weighted by Crippen LogP contribution is -1.93. The number of nitrogens with zero attached hydrogens (tertiary/aromatic N) is 3. The average molecular weight is 227 g/mol. The fourth-order valence-electron chi connectivity index (χ4n) is 1.39. The highest BCUT2D eigenvalue weighted by atomic mass is 16.5. The molecule has 2 rings (SSSR count). The zero-order chi connectivity index (χ0) is 12.1. The van der Waals surface area contributed by atoms with Gasteiger partial charge in [0.15, 0.2) is 5.82 Å². The van der Waals surface area contributed by atoms with Gasteiger partial charge in [-0.1, -0.05) is 12.1 Å². The minimum absolute atomic E-state index is 0.593. The van der Waals surface area contributed by atoms with Crippen molar-refractivity contribution < 1.29 is 4.74 Å². The van der Waals surface area contributed by atoms with Gasteiger partial charge in [-0.3, -0.25) is 0 Å². The Kier molecular flexibility index (Phi) is 3.45. The first-order chi connectivity index (χ1) is 8.29. The van der Waals surface area contributed by atoms with Crippen molar-refractivity contribution in [1.82, 2.24) is 9.97 Å². The Morgan fingerprint density at radius 1 is 1.24 bits per heavy atom. The molecule has 17 heavy (non-hydrogen) atoms. The van der Waals surface area contributed by atoms with E-state index in [4.69, 9.17) is 4.74 Å². The minimum atomic E-state index is 0.593. The van der Waals surface area contributed by atoms with E-state index in [0.717, 1.165) is 17.1 Å². The van der Waals surface area contributed by atoms with Crippen LogP contribution < -0.4 is 4.74 Å². The molecule has 0 N–H and O–H groups in total. The molecule has 1 aromatic heterocycles. The first-order valence-electron chi connectivity index (χ1n) is 5.26. The van der Waals surface area contributed by atoms with Crippen LogP contribution in [0.1, 0.15) is 11.5 Å². The number of hydrogen-bond donors (Lipinski definition) is 0. The number of ether oxygens (including phenoxy) is 1. The zero-order valence-electron chi connectivity index (χ0n) is 9.79. The van der Waals surface area contributed by atoms with Gasteiger partial charge in [0.05, 0.1) is 13.3 Å². The third-order valence-electron chi connectivity index (χ3n) is 2.22. The smallest absolute Gasteiger partial charge is 0.170 e. The minimum Gasteiger partial charge on any atom is -0.494 e. The van der Waals surface area contributed by atoms with Crippen molar-refractivity contribution in [2.75, 3.05) is 7.11 Å². The van der Waals surface area contributed by atoms with Crippen molar-refractivity contribution in [3.05, 3.63) is 48.0 Å². The Bertz CT molecular complexity index is 538. The first kappa shape index (κ1) is 11.3. The summed E-state index contributed by atoms with van der Waals surface area (Å²) in [5, 5.41) is 0. The molecule has 2 aromatic rings. The van der Waals surface area contributed by atoms with Crippen LogP contribution in [0, 0.1) is 6.92 Å². The Hall–Kier alpha value is -2.23. The van der Waals surface area contributed by atoms with Gasteiger partial charge < -0.3 is 4.74 Å². The second kappa shape index (κ2) is 5.21. The van der Waals surface area contributed by atoms with Gasteiger partial charge in [0.2, 0.25) is 0 Å². The molecule has 86 valence electrons. The van der Waals surface area contributed by atoms with Crippen LogP contribution in [-0.4, -0.2) is 23.3 Å². The maximum absolute atomic E-state index is 5.20. The monoisotopic (exact) mass is 227 g/mol. The number of aliphatic imine (C=N–C) groups is 1. The standard InChI is InChI=1S/C13H13N3O/c1-10-7-8-14-13(16-10)9-15-11-5-3-4-6-12(11)17-2/h3-9H,1-2H3. The summed E-state index contributed by atoms with van der Waals surface area (Å²) < 4.78 is 5.20. The van der Waals surface area contributed by atoms with Crippen molar-refractivity contribution in [2.45, 2.75) is 6.92 Å². The van der Waals surface area contributed by atoms with Crippen molar-refractivity contribution in [3.8, 4) is 5.75 Å². The number of rotatable bonds is 3. The van der Waals surface area contributed by atoms with Crippen molar-refractivity contribution in [1.29, 1.82) is 0 Å². The molecule has 0 atom stereocenters. The summed E-state index contributed by atoms with van der Waals surface area (Å²) in [5.74, 6) is 1.33. The lowest BCUT2D eigenvalue weighted by Gasteiger charge is -2.02. The second-order valence-corrected chi connectivity index (χ2v) is 3.49. The van der Waals surface area contributed by atoms with E-state index in [1.807, 2.05) is 37.3 Å². The molecule has 4 heteroatoms. The van der Waals surface area contributed by atoms with Gasteiger partial charge >= 0.3 is 0 Å². The summed E-state index contributed by atoms with van der Waals surface area (Å²) in [4.78, 5) is 12.7. The maximum Gasteiger partial charge on any atom is 0.170 e. The molecule has 4 nitrogen and oxygen atoms in total. The van der Waals surface area contributed by atoms with Gasteiger partial charge in [-0.15, -0.1) is 0 Å². The van der Waals surface area contributed by atoms with Gasteiger partial charge in [0, 0.05) is 11.9 Å². The Balaban J connectivity index is 2.26. The normalized spacial score (nSPS) is 10.7. The quantitative estimate of drug-likeness (QED) is 0.757. The van der Waals surface area contributed by atoms with Gasteiger partial charge in [0.1, 0.15) is 11.4 Å². The lowest BCUT2D eigenvalue weighted by molar-refractivity contribution is 0.416. The highest BCUT2D eigenvalue weighted by Crippen LogP contribution is 2.25. The molecule has 0 bridgehead atoms. The summed E-state index contributed by atoms with van der Waals surface area (Å²) in [7, 11) is 1.62. The van der Waals surface area contributed by atoms with Gasteiger partial charge in [0.25, 0.3) is 0 Å². The molecule has 0 aliphatic carbocycles. The van der Waals surface area contributed by atoms with Crippen LogP contribution >= 0.6 is 0 Å². The molecule has 0 amide bonds. The van der Waals surface area contributed by atoms with Gasteiger partial charge in [-0.2, -0.15) is 0 Å². The van der Waals surface area contributed by atoms with Crippen molar-refractivity contribution in [3.63, 3.8) is 0 Å². The van der Waals surface area contributed by atoms with E-state index in [2.05, 4.69) is 15.0 Å². The number of hydrogen-bond acceptors (Lipinski definition) is 4. The Morgan fingerprint density at radius 3 is 2.82 bits per heavy atom. The predicted molar refractivity (Wildman–Crippen MR) is 67.0 cm³/mol. The fraction of sp³-hybridized carbons (Fsp3) is 0.154. The summed E-state index contributed by atoms with van der Waals surface area (Å²) in [5.41, 5.74) is 1.68. The van der Waals surface area contributed by atoms with Crippen LogP contribution in [0.2, 0.25) is 0 Å². The van der Waals surface area contributed by atoms with Gasteiger partial charge in [-0.25, -0.2) is 15.0 Å². The Labute approximate surface area is 100 Å². The molecule has 0 saturated heterocycles. The third kappa shape index (κ3) is 2.87. The molecular formula is C13H13N3O. The van der Waals surface area contributed by atoms with Crippen LogP contribution in [0.25, 0.3) is 0 Å². The van der Waals surface area contributed by atoms with Crippen molar-refractivity contribution >= 4 is 11.9 Å². The molecule has 0 aliphatic rings. The van der Waals surface area contributed by atoms with Gasteiger partial charge in [-0.05, 0) is 25.1 Å². The predicted octanol–water partition coefficient (Wildman–Crippen LogP) is 2.54. The van der Waals surface area contributed by atoms with Crippen LogP contribution in [0.4, 0.5) is 5.69 Å². The number of para-hydroxylation sites is 2. The SMILES string of the molecule is COc1ccccc1N=Cc1nccc(C)n1. The van der Waals surface area contributed by atoms with Crippen LogP contribution in [0.3, 0.4) is 0 Å². The number of aryl methyl sites for hydroxylation is 1. The molecule has 0 radical (unpaired) electrons. The van der Waals surface area contributed by atoms with E-state index in [1.165, 1.54) is 0 Å². The molecular weight excluding hydrogens is 214 g/mol. The van der Waals surface area contributed by atoms with E-state index in [1.54, 1.807) is 19.5 Å². The van der Waals surface area contributed by atoms with E-state index >= 15 is 0 Å². The molecule has 0 aliphatic heterocycles. The molecule has 0 spiro atoms. The molecule has 0 saturated carbocycles. The summed E-state index contributed by atoms with van der Waals surface area (Å²) >= 11 is 0. The lowest BCUT2D eigenvalue weighted by atomic mass is 10.3. The Morgan fingerprint density at radius 2 is 2.06 bits per heavy atom.